The van der Waals surface area contributed by atoms with Crippen LogP contribution in [0.5, 0.6) is 0 Å². The summed E-state index contributed by atoms with van der Waals surface area (Å²) >= 11 is 1.73. The largest absolute Gasteiger partial charge is 0.347 e. The summed E-state index contributed by atoms with van der Waals surface area (Å²) in [5.74, 6) is 2.95. The SMILES string of the molecule is O=C(CNC(=O)C12CC3CC(CC(C3)C1)C2)Nc1ccc(SCc2cccnc2)cc1. The number of aromatic nitrogens is 1. The summed E-state index contributed by atoms with van der Waals surface area (Å²) in [6.45, 7) is 0.0398. The first-order valence-electron chi connectivity index (χ1n) is 11.3. The number of rotatable bonds is 7. The second-order valence-electron chi connectivity index (χ2n) is 9.60. The van der Waals surface area contributed by atoms with E-state index in [1.165, 1.54) is 24.8 Å². The highest BCUT2D eigenvalue weighted by atomic mass is 32.2. The highest BCUT2D eigenvalue weighted by Crippen LogP contribution is 2.60. The van der Waals surface area contributed by atoms with Gasteiger partial charge in [-0.1, -0.05) is 6.07 Å². The molecule has 1 aromatic carbocycles. The number of benzene rings is 1. The number of pyridine rings is 1. The Hall–Kier alpha value is -2.34. The van der Waals surface area contributed by atoms with Crippen LogP contribution in [0.15, 0.2) is 53.7 Å². The molecule has 0 spiro atoms. The van der Waals surface area contributed by atoms with Crippen molar-refractivity contribution in [3.05, 3.63) is 54.4 Å². The molecule has 4 bridgehead atoms. The molecule has 162 valence electrons. The van der Waals surface area contributed by atoms with Crippen LogP contribution in [0.4, 0.5) is 5.69 Å². The van der Waals surface area contributed by atoms with Crippen molar-refractivity contribution in [3.8, 4) is 0 Å². The van der Waals surface area contributed by atoms with Gasteiger partial charge < -0.3 is 10.6 Å². The van der Waals surface area contributed by atoms with Crippen molar-refractivity contribution in [2.75, 3.05) is 11.9 Å². The first-order chi connectivity index (χ1) is 15.1. The molecule has 0 saturated heterocycles. The highest BCUT2D eigenvalue weighted by molar-refractivity contribution is 7.98. The van der Waals surface area contributed by atoms with E-state index in [9.17, 15) is 9.59 Å². The van der Waals surface area contributed by atoms with Crippen molar-refractivity contribution in [1.29, 1.82) is 0 Å². The summed E-state index contributed by atoms with van der Waals surface area (Å²) in [6.07, 6.45) is 10.6. The molecular formula is C25H29N3O2S. The van der Waals surface area contributed by atoms with Crippen LogP contribution in [-0.4, -0.2) is 23.3 Å². The lowest BCUT2D eigenvalue weighted by Gasteiger charge is -2.55. The molecule has 2 aromatic rings. The van der Waals surface area contributed by atoms with Crippen LogP contribution in [0.25, 0.3) is 0 Å². The summed E-state index contributed by atoms with van der Waals surface area (Å²) in [7, 11) is 0. The average Bonchev–Trinajstić information content (AvgIpc) is 2.77. The standard InChI is InChI=1S/C25H29N3O2S/c29-23(15-27-24(30)25-11-18-8-19(12-25)10-20(9-18)13-25)28-21-3-5-22(6-4-21)31-16-17-2-1-7-26-14-17/h1-7,14,18-20H,8-13,15-16H2,(H,27,30)(H,28,29). The van der Waals surface area contributed by atoms with Gasteiger partial charge in [0.25, 0.3) is 0 Å². The normalized spacial score (nSPS) is 28.3. The van der Waals surface area contributed by atoms with Crippen molar-refractivity contribution < 1.29 is 9.59 Å². The van der Waals surface area contributed by atoms with Gasteiger partial charge in [-0.25, -0.2) is 0 Å². The van der Waals surface area contributed by atoms with E-state index in [4.69, 9.17) is 0 Å². The number of carbonyl (C=O) groups excluding carboxylic acids is 2. The summed E-state index contributed by atoms with van der Waals surface area (Å²) < 4.78 is 0. The predicted molar refractivity (Wildman–Crippen MR) is 122 cm³/mol. The van der Waals surface area contributed by atoms with E-state index in [0.717, 1.165) is 53.4 Å². The lowest BCUT2D eigenvalue weighted by molar-refractivity contribution is -0.146. The Morgan fingerprint density at radius 2 is 1.68 bits per heavy atom. The molecule has 31 heavy (non-hydrogen) atoms. The summed E-state index contributed by atoms with van der Waals surface area (Å²) in [5.41, 5.74) is 1.72. The third-order valence-electron chi connectivity index (χ3n) is 7.20. The number of thioether (sulfide) groups is 1. The minimum atomic E-state index is -0.206. The van der Waals surface area contributed by atoms with Crippen molar-refractivity contribution in [1.82, 2.24) is 10.3 Å². The van der Waals surface area contributed by atoms with E-state index in [-0.39, 0.29) is 23.8 Å². The van der Waals surface area contributed by atoms with E-state index in [1.54, 1.807) is 18.0 Å². The quantitative estimate of drug-likeness (QED) is 0.621. The Labute approximate surface area is 187 Å². The topological polar surface area (TPSA) is 71.1 Å². The van der Waals surface area contributed by atoms with Gasteiger partial charge in [0.05, 0.1) is 6.54 Å². The van der Waals surface area contributed by atoms with Crippen LogP contribution in [0.2, 0.25) is 0 Å². The maximum atomic E-state index is 13.0. The Morgan fingerprint density at radius 3 is 2.29 bits per heavy atom. The lowest BCUT2D eigenvalue weighted by Crippen LogP contribution is -2.54. The lowest BCUT2D eigenvalue weighted by atomic mass is 9.49. The van der Waals surface area contributed by atoms with E-state index in [2.05, 4.69) is 21.7 Å². The number of carbonyl (C=O) groups is 2. The molecule has 4 aliphatic rings. The Morgan fingerprint density at radius 1 is 1.00 bits per heavy atom. The molecule has 0 atom stereocenters. The summed E-state index contributed by atoms with van der Waals surface area (Å²) in [5, 5.41) is 5.85. The second-order valence-corrected chi connectivity index (χ2v) is 10.7. The number of hydrogen-bond acceptors (Lipinski definition) is 4. The number of nitrogens with one attached hydrogen (secondary N) is 2. The van der Waals surface area contributed by atoms with E-state index < -0.39 is 0 Å². The van der Waals surface area contributed by atoms with E-state index >= 15 is 0 Å². The maximum Gasteiger partial charge on any atom is 0.243 e. The Kier molecular flexibility index (Phi) is 5.74. The third-order valence-corrected chi connectivity index (χ3v) is 8.28. The number of hydrogen-bond donors (Lipinski definition) is 2. The monoisotopic (exact) mass is 435 g/mol. The van der Waals surface area contributed by atoms with Crippen molar-refractivity contribution >= 4 is 29.3 Å². The van der Waals surface area contributed by atoms with Gasteiger partial charge in [0.15, 0.2) is 0 Å². The zero-order valence-electron chi connectivity index (χ0n) is 17.7. The molecule has 6 heteroatoms. The van der Waals surface area contributed by atoms with Crippen LogP contribution in [-0.2, 0) is 15.3 Å². The average molecular weight is 436 g/mol. The molecule has 5 nitrogen and oxygen atoms in total. The number of nitrogens with zero attached hydrogens (tertiary/aromatic N) is 1. The minimum absolute atomic E-state index is 0.0398. The fourth-order valence-corrected chi connectivity index (χ4v) is 7.06. The van der Waals surface area contributed by atoms with Gasteiger partial charge in [0, 0.05) is 34.1 Å². The smallest absolute Gasteiger partial charge is 0.243 e. The van der Waals surface area contributed by atoms with Crippen molar-refractivity contribution in [2.45, 2.75) is 49.2 Å². The van der Waals surface area contributed by atoms with Crippen LogP contribution in [0, 0.1) is 23.2 Å². The number of anilines is 1. The molecule has 4 aliphatic carbocycles. The van der Waals surface area contributed by atoms with Gasteiger partial charge in [-0.05, 0) is 92.2 Å². The zero-order chi connectivity index (χ0) is 21.3. The molecule has 0 aliphatic heterocycles. The molecule has 6 rings (SSSR count). The van der Waals surface area contributed by atoms with E-state index in [0.29, 0.717) is 0 Å². The van der Waals surface area contributed by atoms with Crippen LogP contribution in [0.1, 0.15) is 44.1 Å². The van der Waals surface area contributed by atoms with Gasteiger partial charge in [-0.3, -0.25) is 14.6 Å². The van der Waals surface area contributed by atoms with Crippen LogP contribution in [0.3, 0.4) is 0 Å². The molecule has 4 fully saturated rings. The van der Waals surface area contributed by atoms with Gasteiger partial charge in [-0.2, -0.15) is 0 Å². The second kappa shape index (κ2) is 8.65. The molecule has 1 aromatic heterocycles. The van der Waals surface area contributed by atoms with Gasteiger partial charge in [-0.15, -0.1) is 11.8 Å². The molecule has 4 saturated carbocycles. The third kappa shape index (κ3) is 4.64. The molecule has 1 heterocycles. The summed E-state index contributed by atoms with van der Waals surface area (Å²) in [6, 6.07) is 11.8. The van der Waals surface area contributed by atoms with Gasteiger partial charge in [0.1, 0.15) is 0 Å². The molecule has 2 N–H and O–H groups in total. The fraction of sp³-hybridized carbons (Fsp3) is 0.480. The molecule has 2 amide bonds. The molecule has 0 unspecified atom stereocenters. The van der Waals surface area contributed by atoms with Crippen LogP contribution >= 0.6 is 11.8 Å². The highest BCUT2D eigenvalue weighted by Gasteiger charge is 2.54. The van der Waals surface area contributed by atoms with Gasteiger partial charge >= 0.3 is 0 Å². The molecular weight excluding hydrogens is 406 g/mol. The van der Waals surface area contributed by atoms with Crippen LogP contribution < -0.4 is 10.6 Å². The minimum Gasteiger partial charge on any atom is -0.347 e. The fourth-order valence-electron chi connectivity index (χ4n) is 6.23. The Balaban J connectivity index is 1.09. The zero-order valence-corrected chi connectivity index (χ0v) is 18.5. The van der Waals surface area contributed by atoms with Crippen molar-refractivity contribution in [3.63, 3.8) is 0 Å². The first-order valence-corrected chi connectivity index (χ1v) is 12.3. The van der Waals surface area contributed by atoms with E-state index in [1.807, 2.05) is 36.5 Å². The Bertz CT molecular complexity index is 910. The number of amides is 2. The van der Waals surface area contributed by atoms with Gasteiger partial charge in [0.2, 0.25) is 11.8 Å². The maximum absolute atomic E-state index is 13.0. The van der Waals surface area contributed by atoms with Crippen molar-refractivity contribution in [2.24, 2.45) is 23.2 Å². The first kappa shape index (κ1) is 20.6. The predicted octanol–water partition coefficient (Wildman–Crippen LogP) is 4.65. The summed E-state index contributed by atoms with van der Waals surface area (Å²) in [4.78, 5) is 30.7. The molecule has 0 radical (unpaired) electrons.